The van der Waals surface area contributed by atoms with Crippen molar-refractivity contribution < 1.29 is 27.9 Å². The first-order valence-corrected chi connectivity index (χ1v) is 24.4. The maximum Gasteiger partial charge on any atom is 0.411 e. The first-order valence-electron chi connectivity index (χ1n) is 24.4. The van der Waals surface area contributed by atoms with Gasteiger partial charge in [-0.3, -0.25) is 24.3 Å². The van der Waals surface area contributed by atoms with Gasteiger partial charge in [0.1, 0.15) is 35.4 Å². The summed E-state index contributed by atoms with van der Waals surface area (Å²) in [4.78, 5) is 44.8. The van der Waals surface area contributed by atoms with Gasteiger partial charge in [-0.1, -0.05) is 63.4 Å². The molecule has 71 heavy (non-hydrogen) atoms. The summed E-state index contributed by atoms with van der Waals surface area (Å²) in [5.41, 5.74) is 8.82. The van der Waals surface area contributed by atoms with Crippen LogP contribution in [0.4, 0.5) is 13.6 Å². The number of nitrogens with zero attached hydrogens (tertiary/aromatic N) is 5. The predicted molar refractivity (Wildman–Crippen MR) is 271 cm³/mol. The van der Waals surface area contributed by atoms with E-state index in [2.05, 4.69) is 76.2 Å². The van der Waals surface area contributed by atoms with Crippen LogP contribution in [0.25, 0.3) is 22.3 Å². The van der Waals surface area contributed by atoms with Gasteiger partial charge in [-0.25, -0.2) is 13.6 Å². The molecule has 8 atom stereocenters. The summed E-state index contributed by atoms with van der Waals surface area (Å²) in [6, 6.07) is 24.7. The number of halogens is 2. The normalized spacial score (nSPS) is 23.4. The molecule has 14 heteroatoms. The van der Waals surface area contributed by atoms with E-state index >= 15 is 4.39 Å². The summed E-state index contributed by atoms with van der Waals surface area (Å²) in [6.07, 6.45) is 5.35. The molecule has 4 heterocycles. The Hall–Kier alpha value is -6.19. The lowest BCUT2D eigenvalue weighted by Gasteiger charge is -2.35. The van der Waals surface area contributed by atoms with Crippen LogP contribution in [0.2, 0.25) is 0 Å². The van der Waals surface area contributed by atoms with Crippen molar-refractivity contribution in [1.29, 1.82) is 10.5 Å². The van der Waals surface area contributed by atoms with E-state index in [9.17, 15) is 29.3 Å². The summed E-state index contributed by atoms with van der Waals surface area (Å²) in [6.45, 7) is 9.03. The number of hydrogen-bond donors (Lipinski definition) is 3. The highest BCUT2D eigenvalue weighted by Crippen LogP contribution is 2.43. The average molecular weight is 969 g/mol. The third-order valence-electron chi connectivity index (χ3n) is 14.8. The number of nitriles is 2. The molecule has 4 aliphatic heterocycles. The Morgan fingerprint density at radius 1 is 0.676 bits per heavy atom. The number of nitrogens with one attached hydrogen (secondary N) is 3. The highest BCUT2D eigenvalue weighted by atomic mass is 19.1. The molecule has 0 spiro atoms. The molecule has 0 radical (unpaired) electrons. The lowest BCUT2D eigenvalue weighted by molar-refractivity contribution is -0.128. The van der Waals surface area contributed by atoms with Crippen LogP contribution in [0.1, 0.15) is 108 Å². The summed E-state index contributed by atoms with van der Waals surface area (Å²) in [5.74, 6) is -0.885. The van der Waals surface area contributed by atoms with Crippen molar-refractivity contribution in [2.75, 3.05) is 14.1 Å². The molecule has 4 bridgehead atoms. The van der Waals surface area contributed by atoms with E-state index in [1.54, 1.807) is 37.8 Å². The third-order valence-corrected chi connectivity index (χ3v) is 14.8. The van der Waals surface area contributed by atoms with Gasteiger partial charge in [0.15, 0.2) is 0 Å². The maximum atomic E-state index is 15.2. The fraction of sp³-hybridized carbons (Fsp3) is 0.491. The van der Waals surface area contributed by atoms with Crippen molar-refractivity contribution in [3.8, 4) is 34.4 Å². The second-order valence-corrected chi connectivity index (χ2v) is 21.2. The van der Waals surface area contributed by atoms with Gasteiger partial charge < -0.3 is 20.7 Å². The third kappa shape index (κ3) is 11.6. The summed E-state index contributed by atoms with van der Waals surface area (Å²) in [5, 5.41) is 28.2. The molecule has 2 saturated carbocycles. The zero-order valence-corrected chi connectivity index (χ0v) is 40.2. The number of rotatable bonds is 10. The molecule has 0 unspecified atom stereocenters. The maximum absolute atomic E-state index is 15.2. The second kappa shape index (κ2) is 21.7. The Bertz CT molecular complexity index is 2730. The van der Waals surface area contributed by atoms with Crippen molar-refractivity contribution in [1.82, 2.24) is 30.7 Å². The molecule has 2 saturated heterocycles. The molecule has 2 aliphatic carbocycles. The van der Waals surface area contributed by atoms with Crippen molar-refractivity contribution in [2.45, 2.75) is 155 Å². The van der Waals surface area contributed by atoms with Crippen LogP contribution in [0.15, 0.2) is 72.8 Å². The Morgan fingerprint density at radius 2 is 1.15 bits per heavy atom. The number of amides is 3. The monoisotopic (exact) mass is 969 g/mol. The van der Waals surface area contributed by atoms with Crippen LogP contribution in [0.5, 0.6) is 0 Å². The smallest absolute Gasteiger partial charge is 0.411 e. The number of hydrogen-bond acceptors (Lipinski definition) is 9. The Kier molecular flexibility index (Phi) is 16.1. The molecule has 4 aromatic rings. The van der Waals surface area contributed by atoms with Crippen molar-refractivity contribution in [3.63, 3.8) is 0 Å². The Balaban J connectivity index is 0.000000207. The number of carbonyl (C=O) groups is 3. The van der Waals surface area contributed by atoms with Crippen LogP contribution in [-0.2, 0) is 53.3 Å². The van der Waals surface area contributed by atoms with E-state index in [1.807, 2.05) is 24.3 Å². The number of carbonyl (C=O) groups excluding carboxylic acids is 3. The second-order valence-electron chi connectivity index (χ2n) is 21.2. The standard InChI is InChI=1S/C30H35FN4O3.C25H27FN4O.2CH4/c1-30(2,3)38-29(37)35-25-10-9-21(13-25)27(35)28(36)33-24(15-32)12-20-7-5-19(14-26(20)31)18-6-8-22-16-34(4)17-23(22)11-18;1-30-13-19-5-3-15(8-20(19)14-30)16-2-4-17(23(26)11-16)9-22(12-27)29-25(31)24-18-6-7-21(10-18)28-24;;/h5-8,11,14,21,24-25,27H,9-10,12-13,16-17H2,1-4H3,(H,33,36);2-5,8,11,18,21-22,24,28H,6-7,9-10,13-14H2,1H3,(H,29,31);2*1H4/t21-,24-,25+,27-;18-,21+,22-,24-;;/m00../s1. The summed E-state index contributed by atoms with van der Waals surface area (Å²) in [7, 11) is 4.16. The van der Waals surface area contributed by atoms with Gasteiger partial charge in [0, 0.05) is 51.1 Å². The lowest BCUT2D eigenvalue weighted by Crippen LogP contribution is -2.55. The molecule has 376 valence electrons. The van der Waals surface area contributed by atoms with Crippen molar-refractivity contribution >= 4 is 17.9 Å². The van der Waals surface area contributed by atoms with E-state index in [0.717, 1.165) is 87.0 Å². The first-order chi connectivity index (χ1) is 33.0. The Labute approximate surface area is 418 Å². The zero-order valence-electron chi connectivity index (χ0n) is 40.2. The molecule has 3 N–H and O–H groups in total. The quantitative estimate of drug-likeness (QED) is 0.141. The zero-order chi connectivity index (χ0) is 48.7. The van der Waals surface area contributed by atoms with Crippen LogP contribution in [0.3, 0.4) is 0 Å². The first kappa shape index (κ1) is 52.6. The molecule has 10 rings (SSSR count). The topological polar surface area (TPSA) is 154 Å². The van der Waals surface area contributed by atoms with Crippen LogP contribution < -0.4 is 16.0 Å². The highest BCUT2D eigenvalue weighted by Gasteiger charge is 2.53. The molecular weight excluding hydrogens is 899 g/mol. The SMILES string of the molecule is C.C.CN1Cc2ccc(-c3ccc(C[C@@H](C#N)NC(=O)[C@@H]4[C@H]5CC[C@H](C5)N4C(=O)OC(C)(C)C)c(F)c3)cc2C1.CN1Cc2ccc(-c3ccc(C[C@@H](C#N)NC(=O)[C@H]4N[C@@H]5CC[C@H]4C5)c(F)c3)cc2C1. The van der Waals surface area contributed by atoms with Crippen LogP contribution >= 0.6 is 0 Å². The van der Waals surface area contributed by atoms with E-state index in [-0.39, 0.29) is 63.3 Å². The van der Waals surface area contributed by atoms with Gasteiger partial charge in [-0.2, -0.15) is 10.5 Å². The van der Waals surface area contributed by atoms with E-state index in [4.69, 9.17) is 4.74 Å². The van der Waals surface area contributed by atoms with Gasteiger partial charge in [0.05, 0.1) is 18.2 Å². The number of likely N-dealkylation sites (tertiary alicyclic amines) is 1. The molecule has 12 nitrogen and oxygen atoms in total. The molecule has 0 aromatic heterocycles. The molecule has 3 amide bonds. The molecule has 4 fully saturated rings. The molecule has 6 aliphatic rings. The predicted octanol–water partition coefficient (Wildman–Crippen LogP) is 9.18. The summed E-state index contributed by atoms with van der Waals surface area (Å²) < 4.78 is 35.6. The van der Waals surface area contributed by atoms with Gasteiger partial charge >= 0.3 is 6.09 Å². The minimum Gasteiger partial charge on any atom is -0.444 e. The minimum atomic E-state index is -0.919. The van der Waals surface area contributed by atoms with Crippen LogP contribution in [-0.4, -0.2) is 88.6 Å². The largest absolute Gasteiger partial charge is 0.444 e. The highest BCUT2D eigenvalue weighted by molar-refractivity contribution is 5.88. The number of fused-ring (bicyclic) bond motifs is 6. The number of benzene rings is 4. The van der Waals surface area contributed by atoms with Gasteiger partial charge in [-0.05, 0) is 165 Å². The van der Waals surface area contributed by atoms with E-state index < -0.39 is 35.6 Å². The van der Waals surface area contributed by atoms with E-state index in [0.29, 0.717) is 23.1 Å². The van der Waals surface area contributed by atoms with E-state index in [1.165, 1.54) is 34.4 Å². The fourth-order valence-electron chi connectivity index (χ4n) is 11.5. The van der Waals surface area contributed by atoms with Crippen molar-refractivity contribution in [2.24, 2.45) is 11.8 Å². The molecular formula is C57H70F2N8O4. The minimum absolute atomic E-state index is 0. The number of ether oxygens (including phenoxy) is 1. The van der Waals surface area contributed by atoms with Crippen molar-refractivity contribution in [3.05, 3.63) is 118 Å². The fourth-order valence-corrected chi connectivity index (χ4v) is 11.5. The lowest BCUT2D eigenvalue weighted by atomic mass is 9.96. The van der Waals surface area contributed by atoms with Crippen LogP contribution in [0, 0.1) is 46.1 Å². The summed E-state index contributed by atoms with van der Waals surface area (Å²) >= 11 is 0. The molecule has 4 aromatic carbocycles. The Morgan fingerprint density at radius 3 is 1.62 bits per heavy atom. The van der Waals surface area contributed by atoms with Gasteiger partial charge in [0.25, 0.3) is 0 Å². The van der Waals surface area contributed by atoms with Gasteiger partial charge in [0.2, 0.25) is 11.8 Å². The number of piperidine rings is 2. The van der Waals surface area contributed by atoms with Gasteiger partial charge in [-0.15, -0.1) is 0 Å². The average Bonchev–Trinajstić information content (AvgIpc) is 4.19.